The van der Waals surface area contributed by atoms with E-state index >= 15 is 0 Å². The Morgan fingerprint density at radius 1 is 1.50 bits per heavy atom. The summed E-state index contributed by atoms with van der Waals surface area (Å²) in [6.45, 7) is 0.333. The second kappa shape index (κ2) is 4.72. The molecule has 2 rings (SSSR count). The van der Waals surface area contributed by atoms with Crippen LogP contribution < -0.4 is 10.5 Å². The van der Waals surface area contributed by atoms with Crippen LogP contribution in [0.1, 0.15) is 24.6 Å². The first-order valence-electron chi connectivity index (χ1n) is 5.85. The fourth-order valence-electron chi connectivity index (χ4n) is 1.63. The van der Waals surface area contributed by atoms with Crippen LogP contribution in [0.3, 0.4) is 0 Å². The largest absolute Gasteiger partial charge is 0.358 e. The second-order valence-corrected chi connectivity index (χ2v) is 7.07. The normalized spacial score (nSPS) is 15.7. The van der Waals surface area contributed by atoms with Gasteiger partial charge in [-0.05, 0) is 12.8 Å². The number of sulfone groups is 1. The minimum absolute atomic E-state index is 0.0523. The lowest BCUT2D eigenvalue weighted by Gasteiger charge is -2.17. The molecule has 0 atom stereocenters. The molecule has 0 aliphatic heterocycles. The quantitative estimate of drug-likeness (QED) is 0.823. The van der Waals surface area contributed by atoms with Gasteiger partial charge in [-0.1, -0.05) is 0 Å². The molecule has 0 saturated heterocycles. The monoisotopic (exact) mass is 271 g/mol. The summed E-state index contributed by atoms with van der Waals surface area (Å²) in [6.07, 6.45) is 3.31. The van der Waals surface area contributed by atoms with Gasteiger partial charge in [0, 0.05) is 31.8 Å². The van der Waals surface area contributed by atoms with Gasteiger partial charge in [-0.2, -0.15) is 0 Å². The highest BCUT2D eigenvalue weighted by molar-refractivity contribution is 7.90. The van der Waals surface area contributed by atoms with E-state index in [-0.39, 0.29) is 11.3 Å². The van der Waals surface area contributed by atoms with Crippen LogP contribution in [-0.2, 0) is 9.84 Å². The van der Waals surface area contributed by atoms with Gasteiger partial charge in [-0.15, -0.1) is 0 Å². The van der Waals surface area contributed by atoms with Crippen LogP contribution >= 0.6 is 0 Å². The molecule has 0 unspecified atom stereocenters. The first-order valence-corrected chi connectivity index (χ1v) is 7.91. The summed E-state index contributed by atoms with van der Waals surface area (Å²) < 4.78 is 22.2. The van der Waals surface area contributed by atoms with Gasteiger partial charge in [0.05, 0.1) is 5.75 Å². The van der Waals surface area contributed by atoms with Crippen LogP contribution in [0.25, 0.3) is 0 Å². The fraction of sp³-hybridized carbons (Fsp3) is 0.636. The van der Waals surface area contributed by atoms with Gasteiger partial charge in [0.25, 0.3) is 5.56 Å². The van der Waals surface area contributed by atoms with E-state index in [9.17, 15) is 13.2 Å². The maximum atomic E-state index is 11.5. The molecule has 0 aromatic carbocycles. The number of hydrogen-bond donors (Lipinski definition) is 1. The van der Waals surface area contributed by atoms with E-state index in [0.29, 0.717) is 24.1 Å². The van der Waals surface area contributed by atoms with Gasteiger partial charge in [0.15, 0.2) is 0 Å². The Balaban J connectivity index is 2.14. The summed E-state index contributed by atoms with van der Waals surface area (Å²) in [6, 6.07) is 1.40. The van der Waals surface area contributed by atoms with Crippen molar-refractivity contribution >= 4 is 15.7 Å². The molecule has 100 valence electrons. The second-order valence-electron chi connectivity index (χ2n) is 4.81. The van der Waals surface area contributed by atoms with E-state index in [2.05, 4.69) is 9.97 Å². The predicted octanol–water partition coefficient (Wildman–Crippen LogP) is 0.128. The van der Waals surface area contributed by atoms with E-state index in [1.165, 1.54) is 12.3 Å². The van der Waals surface area contributed by atoms with Crippen molar-refractivity contribution in [1.82, 2.24) is 9.97 Å². The smallest absolute Gasteiger partial charge is 0.252 e. The zero-order valence-electron chi connectivity index (χ0n) is 10.5. The third kappa shape index (κ3) is 3.56. The molecule has 0 amide bonds. The third-order valence-corrected chi connectivity index (χ3v) is 3.82. The van der Waals surface area contributed by atoms with Crippen molar-refractivity contribution in [3.8, 4) is 0 Å². The van der Waals surface area contributed by atoms with Crippen LogP contribution in [0.4, 0.5) is 5.82 Å². The third-order valence-electron chi connectivity index (χ3n) is 2.90. The number of nitrogens with one attached hydrogen (secondary N) is 1. The van der Waals surface area contributed by atoms with Gasteiger partial charge in [-0.25, -0.2) is 13.4 Å². The standard InChI is InChI=1S/C11H17N3O3S/c1-14(5-6-18(2,16)17)9-7-10(15)13-11(12-9)8-3-4-8/h7-8H,3-6H2,1-2H3,(H,12,13,15). The van der Waals surface area contributed by atoms with Gasteiger partial charge >= 0.3 is 0 Å². The van der Waals surface area contributed by atoms with Gasteiger partial charge in [0.2, 0.25) is 0 Å². The van der Waals surface area contributed by atoms with Crippen molar-refractivity contribution in [2.24, 2.45) is 0 Å². The number of anilines is 1. The molecule has 1 saturated carbocycles. The molecule has 1 heterocycles. The zero-order valence-corrected chi connectivity index (χ0v) is 11.3. The van der Waals surface area contributed by atoms with Crippen LogP contribution in [0.2, 0.25) is 0 Å². The summed E-state index contributed by atoms with van der Waals surface area (Å²) in [7, 11) is -1.27. The number of H-pyrrole nitrogens is 1. The molecule has 1 aromatic rings. The molecule has 1 aliphatic rings. The number of aromatic nitrogens is 2. The minimum atomic E-state index is -3.01. The van der Waals surface area contributed by atoms with Crippen molar-refractivity contribution in [3.63, 3.8) is 0 Å². The molecule has 0 bridgehead atoms. The van der Waals surface area contributed by atoms with Crippen LogP contribution in [-0.4, -0.2) is 44.0 Å². The van der Waals surface area contributed by atoms with Crippen molar-refractivity contribution in [2.45, 2.75) is 18.8 Å². The minimum Gasteiger partial charge on any atom is -0.358 e. The SMILES string of the molecule is CN(CCS(C)(=O)=O)c1cc(=O)[nH]c(C2CC2)n1. The molecule has 7 heteroatoms. The molecule has 6 nitrogen and oxygen atoms in total. The van der Waals surface area contributed by atoms with E-state index in [1.54, 1.807) is 11.9 Å². The molecular weight excluding hydrogens is 254 g/mol. The topological polar surface area (TPSA) is 83.1 Å². The van der Waals surface area contributed by atoms with Crippen LogP contribution in [0, 0.1) is 0 Å². The van der Waals surface area contributed by atoms with Crippen LogP contribution in [0.5, 0.6) is 0 Å². The van der Waals surface area contributed by atoms with Crippen molar-refractivity contribution in [3.05, 3.63) is 22.2 Å². The zero-order chi connectivity index (χ0) is 13.3. The molecule has 1 fully saturated rings. The maximum Gasteiger partial charge on any atom is 0.252 e. The fourth-order valence-corrected chi connectivity index (χ4v) is 2.23. The average Bonchev–Trinajstić information content (AvgIpc) is 3.07. The number of nitrogens with zero attached hydrogens (tertiary/aromatic N) is 2. The molecule has 0 radical (unpaired) electrons. The van der Waals surface area contributed by atoms with Crippen molar-refractivity contribution in [2.75, 3.05) is 30.5 Å². The highest BCUT2D eigenvalue weighted by Gasteiger charge is 2.26. The van der Waals surface area contributed by atoms with Gasteiger partial charge in [0.1, 0.15) is 21.5 Å². The molecule has 0 spiro atoms. The number of rotatable bonds is 5. The van der Waals surface area contributed by atoms with E-state index in [4.69, 9.17) is 0 Å². The summed E-state index contributed by atoms with van der Waals surface area (Å²) in [5.41, 5.74) is -0.187. The number of aromatic amines is 1. The summed E-state index contributed by atoms with van der Waals surface area (Å²) in [5, 5.41) is 0. The van der Waals surface area contributed by atoms with E-state index in [1.807, 2.05) is 0 Å². The lowest BCUT2D eigenvalue weighted by atomic mass is 10.4. The Labute approximate surface area is 106 Å². The first-order chi connectivity index (χ1) is 8.35. The summed E-state index contributed by atoms with van der Waals surface area (Å²) >= 11 is 0. The molecular formula is C11H17N3O3S. The Morgan fingerprint density at radius 3 is 2.72 bits per heavy atom. The Bertz CT molecular complexity index is 590. The Kier molecular flexibility index (Phi) is 3.43. The predicted molar refractivity (Wildman–Crippen MR) is 69.8 cm³/mol. The Morgan fingerprint density at radius 2 is 2.17 bits per heavy atom. The average molecular weight is 271 g/mol. The summed E-state index contributed by atoms with van der Waals surface area (Å²) in [4.78, 5) is 20.3. The van der Waals surface area contributed by atoms with Gasteiger partial charge < -0.3 is 9.88 Å². The van der Waals surface area contributed by atoms with E-state index in [0.717, 1.165) is 12.8 Å². The molecule has 1 aromatic heterocycles. The summed E-state index contributed by atoms with van der Waals surface area (Å²) in [5.74, 6) is 1.66. The lowest BCUT2D eigenvalue weighted by molar-refractivity contribution is 0.601. The highest BCUT2D eigenvalue weighted by Crippen LogP contribution is 2.37. The highest BCUT2D eigenvalue weighted by atomic mass is 32.2. The molecule has 1 aliphatic carbocycles. The Hall–Kier alpha value is -1.37. The number of hydrogen-bond acceptors (Lipinski definition) is 5. The van der Waals surface area contributed by atoms with E-state index < -0.39 is 9.84 Å². The van der Waals surface area contributed by atoms with Crippen LogP contribution in [0.15, 0.2) is 10.9 Å². The lowest BCUT2D eigenvalue weighted by Crippen LogP contribution is -2.27. The maximum absolute atomic E-state index is 11.5. The van der Waals surface area contributed by atoms with Crippen molar-refractivity contribution < 1.29 is 8.42 Å². The van der Waals surface area contributed by atoms with Gasteiger partial charge in [-0.3, -0.25) is 4.79 Å². The first kappa shape index (κ1) is 13.1. The molecule has 1 N–H and O–H groups in total. The molecule has 18 heavy (non-hydrogen) atoms. The van der Waals surface area contributed by atoms with Crippen molar-refractivity contribution in [1.29, 1.82) is 0 Å².